The van der Waals surface area contributed by atoms with Crippen LogP contribution in [0.15, 0.2) is 60.4 Å². The van der Waals surface area contributed by atoms with E-state index >= 15 is 0 Å². The highest BCUT2D eigenvalue weighted by Gasteiger charge is 2.27. The average molecular weight is 339 g/mol. The summed E-state index contributed by atoms with van der Waals surface area (Å²) in [6.45, 7) is 2.01. The van der Waals surface area contributed by atoms with Gasteiger partial charge >= 0.3 is 5.82 Å². The van der Waals surface area contributed by atoms with Gasteiger partial charge in [0.05, 0.1) is 11.9 Å². The summed E-state index contributed by atoms with van der Waals surface area (Å²) in [4.78, 5) is 0. The van der Waals surface area contributed by atoms with Crippen LogP contribution in [0.1, 0.15) is 18.5 Å². The lowest BCUT2D eigenvalue weighted by molar-refractivity contribution is -2.00. The van der Waals surface area contributed by atoms with Crippen molar-refractivity contribution in [3.05, 3.63) is 66.0 Å². The van der Waals surface area contributed by atoms with Gasteiger partial charge in [-0.25, -0.2) is 28.5 Å². The van der Waals surface area contributed by atoms with Gasteiger partial charge in [0.15, 0.2) is 0 Å². The van der Waals surface area contributed by atoms with Crippen molar-refractivity contribution < 1.29 is 38.6 Å². The Labute approximate surface area is 135 Å². The molecule has 2 aromatic rings. The summed E-state index contributed by atoms with van der Waals surface area (Å²) < 4.78 is 36.0. The second-order valence-corrected chi connectivity index (χ2v) is 5.61. The molecule has 23 heavy (non-hydrogen) atoms. The van der Waals surface area contributed by atoms with E-state index < -0.39 is 10.2 Å². The van der Waals surface area contributed by atoms with Gasteiger partial charge in [0.2, 0.25) is 5.75 Å². The predicted octanol–water partition coefficient (Wildman–Crippen LogP) is -2.16. The van der Waals surface area contributed by atoms with Gasteiger partial charge in [-0.05, 0) is 19.1 Å². The summed E-state index contributed by atoms with van der Waals surface area (Å²) in [5.41, 5.74) is 2.25. The Morgan fingerprint density at radius 2 is 1.65 bits per heavy atom. The molecule has 0 bridgehead atoms. The molecule has 2 N–H and O–H groups in total. The number of nitrogens with zero attached hydrogens (tertiary/aromatic N) is 1. The lowest BCUT2D eigenvalue weighted by Crippen LogP contribution is -2.68. The number of hydrogen-bond acceptors (Lipinski definition) is 6. The summed E-state index contributed by atoms with van der Waals surface area (Å²) in [6, 6.07) is 13.9. The molecule has 2 heterocycles. The van der Waals surface area contributed by atoms with Gasteiger partial charge in [-0.15, -0.1) is 10.2 Å². The number of fused-ring (bicyclic) bond motifs is 1. The first kappa shape index (κ1) is 17.2. The lowest BCUT2D eigenvalue weighted by Gasteiger charge is -2.20. The Hall–Kier alpha value is -2.16. The zero-order valence-corrected chi connectivity index (χ0v) is 12.9. The predicted molar refractivity (Wildman–Crippen MR) is 70.3 cm³/mol. The molecule has 122 valence electrons. The third-order valence-electron chi connectivity index (χ3n) is 3.17. The summed E-state index contributed by atoms with van der Waals surface area (Å²) >= 11 is 0. The fourth-order valence-electron chi connectivity index (χ4n) is 2.33. The highest BCUT2D eigenvalue weighted by Crippen LogP contribution is 2.27. The highest BCUT2D eigenvalue weighted by molar-refractivity contribution is 5.50. The minimum atomic E-state index is -4.94. The molecule has 8 heteroatoms. The zero-order valence-electron chi connectivity index (χ0n) is 12.2. The van der Waals surface area contributed by atoms with E-state index in [2.05, 4.69) is 23.5 Å². The van der Waals surface area contributed by atoms with Gasteiger partial charge < -0.3 is 5.11 Å². The third-order valence-corrected chi connectivity index (χ3v) is 3.17. The van der Waals surface area contributed by atoms with Crippen LogP contribution in [0.4, 0.5) is 5.82 Å². The van der Waals surface area contributed by atoms with Crippen molar-refractivity contribution >= 4 is 5.82 Å². The van der Waals surface area contributed by atoms with E-state index in [1.54, 1.807) is 6.07 Å². The number of aromatic hydroxyl groups is 1. The first-order valence-corrected chi connectivity index (χ1v) is 7.84. The van der Waals surface area contributed by atoms with Crippen molar-refractivity contribution in [2.24, 2.45) is 0 Å². The maximum atomic E-state index is 9.93. The second kappa shape index (κ2) is 6.95. The lowest BCUT2D eigenvalue weighted by atomic mass is 10.0. The molecule has 3 rings (SSSR count). The Balaban J connectivity index is 0.000000338. The van der Waals surface area contributed by atoms with Crippen LogP contribution in [0.5, 0.6) is 5.75 Å². The van der Waals surface area contributed by atoms with Gasteiger partial charge in [0.25, 0.3) is 0 Å². The van der Waals surface area contributed by atoms with Crippen LogP contribution in [0, 0.1) is 10.2 Å². The van der Waals surface area contributed by atoms with Crippen LogP contribution < -0.4 is 28.5 Å². The standard InChI is InChI=1S/C15H14N2O.ClHO4/c1-11-10-13(12-6-3-2-4-7-12)17-9-5-8-14(18)15(17)16-11;2-1(3,4)5/h2-10,13,18H,1H3;(H,2,3,4,5). The van der Waals surface area contributed by atoms with E-state index in [1.165, 1.54) is 5.56 Å². The van der Waals surface area contributed by atoms with Crippen molar-refractivity contribution in [1.82, 2.24) is 0 Å². The van der Waals surface area contributed by atoms with E-state index in [4.69, 9.17) is 18.6 Å². The van der Waals surface area contributed by atoms with Crippen LogP contribution in [-0.4, -0.2) is 5.11 Å². The molecule has 1 aliphatic heterocycles. The molecular weight excluding hydrogens is 324 g/mol. The molecule has 1 aliphatic rings. The van der Waals surface area contributed by atoms with E-state index in [-0.39, 0.29) is 11.8 Å². The first-order valence-electron chi connectivity index (χ1n) is 6.61. The molecule has 0 fully saturated rings. The number of anilines is 1. The Kier molecular flexibility index (Phi) is 5.19. The Bertz CT molecular complexity index is 695. The SMILES string of the molecule is CC1=CC(c2ccccc2)[n+]2cccc(O)c2N1.[O-][Cl+3]([O-])([O-])[O-]. The number of allylic oxidation sites excluding steroid dienone is 2. The van der Waals surface area contributed by atoms with Crippen molar-refractivity contribution in [2.75, 3.05) is 5.32 Å². The Morgan fingerprint density at radius 3 is 2.26 bits per heavy atom. The largest absolute Gasteiger partial charge is 0.501 e. The number of aromatic nitrogens is 1. The van der Waals surface area contributed by atoms with Crippen LogP contribution in [0.25, 0.3) is 0 Å². The van der Waals surface area contributed by atoms with Crippen molar-refractivity contribution in [2.45, 2.75) is 13.0 Å². The monoisotopic (exact) mass is 338 g/mol. The van der Waals surface area contributed by atoms with Crippen LogP contribution >= 0.6 is 0 Å². The molecule has 1 aromatic carbocycles. The fourth-order valence-corrected chi connectivity index (χ4v) is 2.33. The highest BCUT2D eigenvalue weighted by atomic mass is 35.7. The van der Waals surface area contributed by atoms with E-state index in [0.29, 0.717) is 0 Å². The topological polar surface area (TPSA) is 128 Å². The minimum absolute atomic E-state index is 0.120. The molecular formula is C15H15ClN2O5. The second-order valence-electron chi connectivity index (χ2n) is 4.86. The summed E-state index contributed by atoms with van der Waals surface area (Å²) in [5.74, 6) is 1.01. The first-order chi connectivity index (χ1) is 10.8. The van der Waals surface area contributed by atoms with E-state index in [9.17, 15) is 5.11 Å². The van der Waals surface area contributed by atoms with Crippen LogP contribution in [-0.2, 0) is 0 Å². The molecule has 0 amide bonds. The van der Waals surface area contributed by atoms with E-state index in [0.717, 1.165) is 11.5 Å². The molecule has 1 aromatic heterocycles. The molecule has 1 atom stereocenters. The smallest absolute Gasteiger partial charge is 0.322 e. The minimum Gasteiger partial charge on any atom is -0.501 e. The molecule has 0 spiro atoms. The molecule has 7 nitrogen and oxygen atoms in total. The van der Waals surface area contributed by atoms with Gasteiger partial charge in [0.1, 0.15) is 6.04 Å². The van der Waals surface area contributed by atoms with Crippen molar-refractivity contribution in [3.63, 3.8) is 0 Å². The van der Waals surface area contributed by atoms with Crippen LogP contribution in [0.2, 0.25) is 0 Å². The fraction of sp³-hybridized carbons (Fsp3) is 0.133. The van der Waals surface area contributed by atoms with Gasteiger partial charge in [0, 0.05) is 11.6 Å². The molecule has 0 radical (unpaired) electrons. The number of pyridine rings is 1. The normalized spacial score (nSPS) is 16.4. The summed E-state index contributed by atoms with van der Waals surface area (Å²) in [6.07, 6.45) is 4.13. The number of rotatable bonds is 1. The molecule has 0 saturated carbocycles. The van der Waals surface area contributed by atoms with E-state index in [1.807, 2.05) is 42.0 Å². The summed E-state index contributed by atoms with van der Waals surface area (Å²) in [5, 5.41) is 13.1. The van der Waals surface area contributed by atoms with Crippen molar-refractivity contribution in [1.29, 1.82) is 0 Å². The maximum absolute atomic E-state index is 9.93. The van der Waals surface area contributed by atoms with Crippen molar-refractivity contribution in [3.8, 4) is 5.75 Å². The number of benzene rings is 1. The van der Waals surface area contributed by atoms with Gasteiger partial charge in [-0.2, -0.15) is 0 Å². The third kappa shape index (κ3) is 4.92. The Morgan fingerprint density at radius 1 is 1.04 bits per heavy atom. The molecule has 0 saturated heterocycles. The summed E-state index contributed by atoms with van der Waals surface area (Å²) in [7, 11) is -4.94. The number of hydrogen-bond donors (Lipinski definition) is 2. The number of nitrogens with one attached hydrogen (secondary N) is 1. The molecule has 0 aliphatic carbocycles. The quantitative estimate of drug-likeness (QED) is 0.570. The average Bonchev–Trinajstić information content (AvgIpc) is 2.47. The zero-order chi connectivity index (χ0) is 17.0. The molecule has 1 unspecified atom stereocenters. The maximum Gasteiger partial charge on any atom is 0.322 e. The van der Waals surface area contributed by atoms with Gasteiger partial charge in [-0.1, -0.05) is 30.3 Å². The van der Waals surface area contributed by atoms with Gasteiger partial charge in [-0.3, -0.25) is 0 Å². The van der Waals surface area contributed by atoms with Crippen LogP contribution in [0.3, 0.4) is 0 Å². The number of halogens is 1.